The molecule has 1 aliphatic rings. The van der Waals surface area contributed by atoms with Crippen molar-refractivity contribution < 1.29 is 10.2 Å². The topological polar surface area (TPSA) is 65.7 Å². The molecule has 0 saturated heterocycles. The van der Waals surface area contributed by atoms with Crippen LogP contribution in [0.15, 0.2) is 36.2 Å². The Kier molecular flexibility index (Phi) is 6.19. The molecule has 2 rings (SSSR count). The molecule has 1 aliphatic carbocycles. The van der Waals surface area contributed by atoms with Gasteiger partial charge in [-0.15, -0.1) is 13.2 Å². The first-order chi connectivity index (χ1) is 11.1. The number of aliphatic hydroxyl groups excluding tert-OH is 1. The molecule has 5 nitrogen and oxygen atoms in total. The fourth-order valence-corrected chi connectivity index (χ4v) is 3.39. The van der Waals surface area contributed by atoms with Crippen LogP contribution in [0.1, 0.15) is 43.1 Å². The third kappa shape index (κ3) is 3.92. The highest BCUT2D eigenvalue weighted by Crippen LogP contribution is 2.33. The summed E-state index contributed by atoms with van der Waals surface area (Å²) in [5.41, 5.74) is 0.722. The van der Waals surface area contributed by atoms with Crippen LogP contribution in [0.4, 0.5) is 0 Å². The monoisotopic (exact) mass is 318 g/mol. The molecule has 23 heavy (non-hydrogen) atoms. The molecule has 0 radical (unpaired) electrons. The van der Waals surface area contributed by atoms with Gasteiger partial charge in [0.25, 0.3) is 0 Å². The smallest absolute Gasteiger partial charge is 0.223 e. The minimum atomic E-state index is -0.435. The first kappa shape index (κ1) is 17.5. The second-order valence-corrected chi connectivity index (χ2v) is 6.03. The lowest BCUT2D eigenvalue weighted by Gasteiger charge is -2.27. The summed E-state index contributed by atoms with van der Waals surface area (Å²) in [6, 6.07) is 1.58. The van der Waals surface area contributed by atoms with Gasteiger partial charge in [-0.1, -0.05) is 25.0 Å². The summed E-state index contributed by atoms with van der Waals surface area (Å²) in [5.74, 6) is -0.216. The van der Waals surface area contributed by atoms with Gasteiger partial charge in [-0.3, -0.25) is 9.69 Å². The number of aromatic nitrogens is 1. The Morgan fingerprint density at radius 1 is 1.26 bits per heavy atom. The lowest BCUT2D eigenvalue weighted by Crippen LogP contribution is -2.29. The minimum Gasteiger partial charge on any atom is -0.503 e. The summed E-state index contributed by atoms with van der Waals surface area (Å²) in [5, 5.41) is 20.0. The predicted octanol–water partition coefficient (Wildman–Crippen LogP) is 2.34. The van der Waals surface area contributed by atoms with E-state index in [1.165, 1.54) is 6.07 Å². The van der Waals surface area contributed by atoms with Crippen molar-refractivity contribution in [2.75, 3.05) is 13.1 Å². The summed E-state index contributed by atoms with van der Waals surface area (Å²) in [7, 11) is 0. The number of pyridine rings is 1. The maximum Gasteiger partial charge on any atom is 0.223 e. The molecule has 1 saturated carbocycles. The van der Waals surface area contributed by atoms with Gasteiger partial charge in [0.05, 0.1) is 12.3 Å². The fourth-order valence-electron chi connectivity index (χ4n) is 3.39. The van der Waals surface area contributed by atoms with E-state index in [-0.39, 0.29) is 18.4 Å². The second-order valence-electron chi connectivity index (χ2n) is 6.03. The molecule has 1 heterocycles. The summed E-state index contributed by atoms with van der Waals surface area (Å²) < 4.78 is 1.98. The largest absolute Gasteiger partial charge is 0.503 e. The third-order valence-electron chi connectivity index (χ3n) is 4.40. The number of hydrogen-bond donors (Lipinski definition) is 2. The minimum absolute atomic E-state index is 0.206. The normalized spacial score (nSPS) is 15.2. The molecule has 2 N–H and O–H groups in total. The maximum absolute atomic E-state index is 12.1. The van der Waals surface area contributed by atoms with Crippen LogP contribution in [-0.4, -0.2) is 32.8 Å². The van der Waals surface area contributed by atoms with Gasteiger partial charge in [-0.05, 0) is 12.8 Å². The van der Waals surface area contributed by atoms with Crippen LogP contribution in [0.3, 0.4) is 0 Å². The second kappa shape index (κ2) is 8.13. The van der Waals surface area contributed by atoms with Gasteiger partial charge < -0.3 is 14.8 Å². The molecule has 0 unspecified atom stereocenters. The molecule has 0 aromatic carbocycles. The molecule has 0 amide bonds. The Morgan fingerprint density at radius 2 is 1.87 bits per heavy atom. The van der Waals surface area contributed by atoms with Gasteiger partial charge in [-0.25, -0.2) is 0 Å². The molecular formula is C18H26N2O3. The van der Waals surface area contributed by atoms with Crippen LogP contribution in [0.2, 0.25) is 0 Å². The van der Waals surface area contributed by atoms with Crippen molar-refractivity contribution in [3.63, 3.8) is 0 Å². The van der Waals surface area contributed by atoms with Gasteiger partial charge in [0.15, 0.2) is 5.75 Å². The van der Waals surface area contributed by atoms with E-state index < -0.39 is 5.43 Å². The van der Waals surface area contributed by atoms with Gasteiger partial charge in [0.2, 0.25) is 5.43 Å². The Labute approximate surface area is 137 Å². The van der Waals surface area contributed by atoms with Crippen molar-refractivity contribution in [2.24, 2.45) is 0 Å². The number of rotatable bonds is 8. The highest BCUT2D eigenvalue weighted by atomic mass is 16.3. The lowest BCUT2D eigenvalue weighted by atomic mass is 10.1. The molecule has 0 aliphatic heterocycles. The Bertz CT molecular complexity index is 605. The fraction of sp³-hybridized carbons (Fsp3) is 0.500. The zero-order chi connectivity index (χ0) is 16.8. The Balaban J connectivity index is 2.49. The maximum atomic E-state index is 12.1. The van der Waals surface area contributed by atoms with Gasteiger partial charge in [0.1, 0.15) is 0 Å². The molecular weight excluding hydrogens is 292 g/mol. The third-order valence-corrected chi connectivity index (χ3v) is 4.40. The van der Waals surface area contributed by atoms with E-state index in [1.807, 2.05) is 9.47 Å². The van der Waals surface area contributed by atoms with E-state index in [0.717, 1.165) is 25.7 Å². The standard InChI is InChI=1S/C18H26N2O3/c1-3-9-19(10-4-2)12-16-18(23)17(22)11-15(13-21)20(16)14-7-5-6-8-14/h3-4,11,14,21,23H,1-2,5-10,12-13H2. The van der Waals surface area contributed by atoms with Crippen molar-refractivity contribution in [1.82, 2.24) is 9.47 Å². The van der Waals surface area contributed by atoms with Crippen molar-refractivity contribution in [3.8, 4) is 5.75 Å². The van der Waals surface area contributed by atoms with E-state index in [9.17, 15) is 15.0 Å². The molecule has 1 fully saturated rings. The molecule has 126 valence electrons. The average Bonchev–Trinajstić information content (AvgIpc) is 3.06. The molecule has 0 spiro atoms. The van der Waals surface area contributed by atoms with E-state index >= 15 is 0 Å². The number of nitrogens with zero attached hydrogens (tertiary/aromatic N) is 2. The van der Waals surface area contributed by atoms with Crippen LogP contribution in [0.25, 0.3) is 0 Å². The summed E-state index contributed by atoms with van der Waals surface area (Å²) >= 11 is 0. The highest BCUT2D eigenvalue weighted by Gasteiger charge is 2.24. The quantitative estimate of drug-likeness (QED) is 0.722. The van der Waals surface area contributed by atoms with E-state index in [4.69, 9.17) is 0 Å². The predicted molar refractivity (Wildman–Crippen MR) is 91.5 cm³/mol. The van der Waals surface area contributed by atoms with Crippen molar-refractivity contribution in [2.45, 2.75) is 44.9 Å². The van der Waals surface area contributed by atoms with E-state index in [2.05, 4.69) is 13.2 Å². The number of aliphatic hydroxyl groups is 1. The van der Waals surface area contributed by atoms with Crippen molar-refractivity contribution in [1.29, 1.82) is 0 Å². The van der Waals surface area contributed by atoms with Gasteiger partial charge in [0, 0.05) is 37.4 Å². The lowest BCUT2D eigenvalue weighted by molar-refractivity contribution is 0.253. The van der Waals surface area contributed by atoms with Crippen LogP contribution in [0.5, 0.6) is 5.75 Å². The molecule has 5 heteroatoms. The molecule has 0 bridgehead atoms. The summed E-state index contributed by atoms with van der Waals surface area (Å²) in [6.07, 6.45) is 7.84. The van der Waals surface area contributed by atoms with Gasteiger partial charge in [-0.2, -0.15) is 0 Å². The Morgan fingerprint density at radius 3 is 2.39 bits per heavy atom. The average molecular weight is 318 g/mol. The summed E-state index contributed by atoms with van der Waals surface area (Å²) in [4.78, 5) is 14.1. The summed E-state index contributed by atoms with van der Waals surface area (Å²) in [6.45, 7) is 8.98. The molecule has 0 atom stereocenters. The zero-order valence-corrected chi connectivity index (χ0v) is 13.6. The Hall–Kier alpha value is -1.85. The van der Waals surface area contributed by atoms with Crippen LogP contribution < -0.4 is 5.43 Å². The van der Waals surface area contributed by atoms with E-state index in [0.29, 0.717) is 31.0 Å². The van der Waals surface area contributed by atoms with Crippen LogP contribution in [0, 0.1) is 0 Å². The van der Waals surface area contributed by atoms with E-state index in [1.54, 1.807) is 12.2 Å². The van der Waals surface area contributed by atoms with Gasteiger partial charge >= 0.3 is 0 Å². The van der Waals surface area contributed by atoms with Crippen molar-refractivity contribution in [3.05, 3.63) is 53.0 Å². The molecule has 1 aromatic heterocycles. The zero-order valence-electron chi connectivity index (χ0n) is 13.6. The van der Waals surface area contributed by atoms with Crippen LogP contribution in [-0.2, 0) is 13.2 Å². The highest BCUT2D eigenvalue weighted by molar-refractivity contribution is 5.31. The SMILES string of the molecule is C=CCN(CC=C)Cc1c(O)c(=O)cc(CO)n1C1CCCC1. The first-order valence-electron chi connectivity index (χ1n) is 8.13. The number of aromatic hydroxyl groups is 1. The first-order valence-corrected chi connectivity index (χ1v) is 8.13. The molecule has 1 aromatic rings. The van der Waals surface area contributed by atoms with Crippen LogP contribution >= 0.6 is 0 Å². The number of hydrogen-bond acceptors (Lipinski definition) is 4. The van der Waals surface area contributed by atoms with Crippen molar-refractivity contribution >= 4 is 0 Å².